The first-order valence-electron chi connectivity index (χ1n) is 6.48. The minimum Gasteiger partial charge on any atom is -0.503 e. The second-order valence-electron chi connectivity index (χ2n) is 4.54. The van der Waals surface area contributed by atoms with Crippen LogP contribution < -0.4 is 0 Å². The summed E-state index contributed by atoms with van der Waals surface area (Å²) < 4.78 is 12.2. The molecule has 1 heterocycles. The van der Waals surface area contributed by atoms with Crippen LogP contribution in [0.1, 0.15) is 5.56 Å². The Kier molecular flexibility index (Phi) is 3.62. The van der Waals surface area contributed by atoms with E-state index in [0.717, 1.165) is 15.6 Å². The second kappa shape index (κ2) is 5.58. The lowest BCUT2D eigenvalue weighted by Gasteiger charge is -2.06. The molecule has 0 atom stereocenters. The summed E-state index contributed by atoms with van der Waals surface area (Å²) in [6.45, 7) is 0. The molecule has 0 amide bonds. The summed E-state index contributed by atoms with van der Waals surface area (Å²) in [5, 5.41) is 2.33. The number of carbonyl (C=O) groups is 1. The zero-order valence-electron chi connectivity index (χ0n) is 11.8. The first-order chi connectivity index (χ1) is 10.3. The molecule has 0 spiro atoms. The van der Waals surface area contributed by atoms with Crippen LogP contribution in [0.5, 0.6) is 0 Å². The van der Waals surface area contributed by atoms with Gasteiger partial charge in [0, 0.05) is 25.7 Å². The Morgan fingerprint density at radius 3 is 2.57 bits per heavy atom. The molecule has 0 saturated carbocycles. The van der Waals surface area contributed by atoms with Gasteiger partial charge in [0.1, 0.15) is 5.57 Å². The third-order valence-corrected chi connectivity index (χ3v) is 4.56. The molecule has 3 rings (SSSR count). The topological polar surface area (TPSA) is 35.5 Å². The van der Waals surface area contributed by atoms with Gasteiger partial charge in [0.05, 0.1) is 20.5 Å². The van der Waals surface area contributed by atoms with E-state index in [9.17, 15) is 4.79 Å². The average molecular weight is 298 g/mol. The van der Waals surface area contributed by atoms with Crippen molar-refractivity contribution in [1.29, 1.82) is 0 Å². The Labute approximate surface area is 126 Å². The van der Waals surface area contributed by atoms with Gasteiger partial charge in [-0.1, -0.05) is 36.4 Å². The summed E-state index contributed by atoms with van der Waals surface area (Å²) in [7, 11) is 2.89. The summed E-state index contributed by atoms with van der Waals surface area (Å²) in [6.07, 6.45) is 1.44. The molecule has 0 unspecified atom stereocenters. The summed E-state index contributed by atoms with van der Waals surface area (Å²) in [5.41, 5.74) is 1.26. The highest BCUT2D eigenvalue weighted by atomic mass is 32.1. The number of hydrogen-bond acceptors (Lipinski definition) is 4. The Hall–Kier alpha value is -2.33. The molecule has 0 radical (unpaired) electrons. The molecule has 0 aliphatic heterocycles. The summed E-state index contributed by atoms with van der Waals surface area (Å²) >= 11 is 1.67. The van der Waals surface area contributed by atoms with Crippen molar-refractivity contribution in [3.05, 3.63) is 54.3 Å². The third kappa shape index (κ3) is 2.28. The van der Waals surface area contributed by atoms with E-state index in [1.165, 1.54) is 30.6 Å². The lowest BCUT2D eigenvalue weighted by atomic mass is 10.0. The standard InChI is InChI=1S/C17H14O3S/c1-19-10-14(17(18)20-2)13-8-5-7-12-11-6-3-4-9-15(11)21-16(12)13/h3-10H,1-2H3/b14-10+. The van der Waals surface area contributed by atoms with E-state index in [2.05, 4.69) is 18.2 Å². The van der Waals surface area contributed by atoms with Gasteiger partial charge in [-0.3, -0.25) is 0 Å². The van der Waals surface area contributed by atoms with Crippen molar-refractivity contribution in [2.75, 3.05) is 14.2 Å². The van der Waals surface area contributed by atoms with Gasteiger partial charge < -0.3 is 9.47 Å². The summed E-state index contributed by atoms with van der Waals surface area (Å²) in [4.78, 5) is 12.0. The molecule has 0 saturated heterocycles. The van der Waals surface area contributed by atoms with Gasteiger partial charge in [-0.05, 0) is 6.07 Å². The van der Waals surface area contributed by atoms with Crippen LogP contribution in [0.15, 0.2) is 48.7 Å². The van der Waals surface area contributed by atoms with Crippen LogP contribution in [-0.2, 0) is 14.3 Å². The van der Waals surface area contributed by atoms with Crippen LogP contribution in [0, 0.1) is 0 Å². The molecule has 0 aliphatic rings. The average Bonchev–Trinajstić information content (AvgIpc) is 2.91. The van der Waals surface area contributed by atoms with Crippen molar-refractivity contribution in [2.24, 2.45) is 0 Å². The maximum absolute atomic E-state index is 12.0. The number of carbonyl (C=O) groups excluding carboxylic acids is 1. The van der Waals surface area contributed by atoms with Crippen LogP contribution >= 0.6 is 11.3 Å². The summed E-state index contributed by atoms with van der Waals surface area (Å²) in [5.74, 6) is -0.401. The van der Waals surface area contributed by atoms with E-state index < -0.39 is 5.97 Å². The van der Waals surface area contributed by atoms with Gasteiger partial charge in [0.25, 0.3) is 0 Å². The Bertz CT molecular complexity index is 845. The fraction of sp³-hybridized carbons (Fsp3) is 0.118. The van der Waals surface area contributed by atoms with Gasteiger partial charge in [-0.2, -0.15) is 0 Å². The number of esters is 1. The van der Waals surface area contributed by atoms with E-state index in [1.54, 1.807) is 11.3 Å². The molecule has 0 aliphatic carbocycles. The van der Waals surface area contributed by atoms with Crippen LogP contribution in [0.2, 0.25) is 0 Å². The monoisotopic (exact) mass is 298 g/mol. The lowest BCUT2D eigenvalue weighted by molar-refractivity contribution is -0.133. The zero-order valence-corrected chi connectivity index (χ0v) is 12.6. The van der Waals surface area contributed by atoms with Crippen molar-refractivity contribution in [1.82, 2.24) is 0 Å². The van der Waals surface area contributed by atoms with E-state index in [0.29, 0.717) is 5.57 Å². The lowest BCUT2D eigenvalue weighted by Crippen LogP contribution is -2.04. The molecule has 2 aromatic carbocycles. The Morgan fingerprint density at radius 2 is 1.81 bits per heavy atom. The van der Waals surface area contributed by atoms with Crippen LogP contribution in [0.25, 0.3) is 25.7 Å². The second-order valence-corrected chi connectivity index (χ2v) is 5.59. The van der Waals surface area contributed by atoms with E-state index in [-0.39, 0.29) is 0 Å². The van der Waals surface area contributed by atoms with Crippen LogP contribution in [-0.4, -0.2) is 20.2 Å². The quantitative estimate of drug-likeness (QED) is 0.413. The summed E-state index contributed by atoms with van der Waals surface area (Å²) in [6, 6.07) is 14.1. The van der Waals surface area contributed by atoms with Crippen LogP contribution in [0.4, 0.5) is 0 Å². The first-order valence-corrected chi connectivity index (χ1v) is 7.30. The third-order valence-electron chi connectivity index (χ3n) is 3.34. The zero-order chi connectivity index (χ0) is 14.8. The number of ether oxygens (including phenoxy) is 2. The van der Waals surface area contributed by atoms with Gasteiger partial charge in [-0.25, -0.2) is 4.79 Å². The van der Waals surface area contributed by atoms with Gasteiger partial charge >= 0.3 is 5.97 Å². The number of fused-ring (bicyclic) bond motifs is 3. The molecule has 106 valence electrons. The fourth-order valence-electron chi connectivity index (χ4n) is 2.41. The van der Waals surface area contributed by atoms with Crippen molar-refractivity contribution < 1.29 is 14.3 Å². The highest BCUT2D eigenvalue weighted by Crippen LogP contribution is 2.38. The molecular weight excluding hydrogens is 284 g/mol. The van der Waals surface area contributed by atoms with Crippen molar-refractivity contribution in [3.8, 4) is 0 Å². The van der Waals surface area contributed by atoms with E-state index >= 15 is 0 Å². The Morgan fingerprint density at radius 1 is 1.05 bits per heavy atom. The SMILES string of the molecule is CO/C=C(/C(=O)OC)c1cccc2c1sc1ccccc12. The van der Waals surface area contributed by atoms with Gasteiger partial charge in [-0.15, -0.1) is 11.3 Å². The molecule has 0 N–H and O–H groups in total. The molecule has 0 fully saturated rings. The maximum Gasteiger partial charge on any atom is 0.341 e. The smallest absolute Gasteiger partial charge is 0.341 e. The van der Waals surface area contributed by atoms with E-state index in [1.807, 2.05) is 24.3 Å². The minimum atomic E-state index is -0.401. The number of benzene rings is 2. The highest BCUT2D eigenvalue weighted by molar-refractivity contribution is 7.26. The number of hydrogen-bond donors (Lipinski definition) is 0. The number of rotatable bonds is 3. The Balaban J connectivity index is 2.32. The number of methoxy groups -OCH3 is 2. The predicted octanol–water partition coefficient (Wildman–Crippen LogP) is 4.21. The highest BCUT2D eigenvalue weighted by Gasteiger charge is 2.18. The molecule has 3 aromatic rings. The molecule has 21 heavy (non-hydrogen) atoms. The molecular formula is C17H14O3S. The molecule has 0 bridgehead atoms. The van der Waals surface area contributed by atoms with Crippen LogP contribution in [0.3, 0.4) is 0 Å². The first kappa shape index (κ1) is 13.6. The van der Waals surface area contributed by atoms with E-state index in [4.69, 9.17) is 9.47 Å². The van der Waals surface area contributed by atoms with Crippen molar-refractivity contribution >= 4 is 43.1 Å². The number of thiophene rings is 1. The normalized spacial score (nSPS) is 11.8. The largest absolute Gasteiger partial charge is 0.503 e. The van der Waals surface area contributed by atoms with Gasteiger partial charge in [0.15, 0.2) is 0 Å². The minimum absolute atomic E-state index is 0.401. The van der Waals surface area contributed by atoms with Crippen molar-refractivity contribution in [2.45, 2.75) is 0 Å². The van der Waals surface area contributed by atoms with Gasteiger partial charge in [0.2, 0.25) is 0 Å². The molecule has 1 aromatic heterocycles. The predicted molar refractivity (Wildman–Crippen MR) is 86.3 cm³/mol. The fourth-order valence-corrected chi connectivity index (χ4v) is 3.64. The maximum atomic E-state index is 12.0. The molecule has 4 heteroatoms. The molecule has 3 nitrogen and oxygen atoms in total. The van der Waals surface area contributed by atoms with Crippen molar-refractivity contribution in [3.63, 3.8) is 0 Å².